The lowest BCUT2D eigenvalue weighted by atomic mass is 10.1. The van der Waals surface area contributed by atoms with Gasteiger partial charge in [0.25, 0.3) is 0 Å². The maximum atomic E-state index is 5.75. The molecule has 1 aromatic rings. The Labute approximate surface area is 136 Å². The van der Waals surface area contributed by atoms with Crippen LogP contribution in [0, 0.1) is 0 Å². The minimum absolute atomic E-state index is 0.260. The Morgan fingerprint density at radius 1 is 0.955 bits per heavy atom. The van der Waals surface area contributed by atoms with Crippen LogP contribution in [0.25, 0.3) is 0 Å². The Kier molecular flexibility index (Phi) is 8.90. The minimum Gasteiger partial charge on any atom is -0.377 e. The molecule has 0 bridgehead atoms. The molecule has 126 valence electrons. The van der Waals surface area contributed by atoms with Gasteiger partial charge in [-0.05, 0) is 38.0 Å². The van der Waals surface area contributed by atoms with Crippen LogP contribution < -0.4 is 0 Å². The average molecular weight is 326 g/mol. The second-order valence-corrected chi connectivity index (χ2v) is 8.67. The van der Waals surface area contributed by atoms with Gasteiger partial charge < -0.3 is 18.2 Å². The molecule has 0 heterocycles. The summed E-state index contributed by atoms with van der Waals surface area (Å²) in [6.45, 7) is 7.56. The summed E-state index contributed by atoms with van der Waals surface area (Å²) in [5.41, 5.74) is 1.56. The van der Waals surface area contributed by atoms with Crippen molar-refractivity contribution in [2.75, 3.05) is 41.0 Å². The van der Waals surface area contributed by atoms with Crippen LogP contribution in [0.3, 0.4) is 0 Å². The summed E-state index contributed by atoms with van der Waals surface area (Å²) in [5.74, 6) is 0. The van der Waals surface area contributed by atoms with E-state index in [0.717, 1.165) is 32.5 Å². The van der Waals surface area contributed by atoms with Crippen LogP contribution in [0.15, 0.2) is 30.3 Å². The van der Waals surface area contributed by atoms with Gasteiger partial charge >= 0.3 is 8.80 Å². The van der Waals surface area contributed by atoms with Crippen LogP contribution in [-0.2, 0) is 19.7 Å². The Balaban J connectivity index is 2.88. The zero-order valence-corrected chi connectivity index (χ0v) is 15.7. The molecule has 1 rings (SSSR count). The van der Waals surface area contributed by atoms with Crippen molar-refractivity contribution in [1.82, 2.24) is 4.90 Å². The van der Waals surface area contributed by atoms with Crippen molar-refractivity contribution >= 4 is 8.80 Å². The highest BCUT2D eigenvalue weighted by Crippen LogP contribution is 2.31. The molecule has 22 heavy (non-hydrogen) atoms. The normalized spacial score (nSPS) is 13.5. The van der Waals surface area contributed by atoms with Crippen molar-refractivity contribution in [2.45, 2.75) is 32.2 Å². The van der Waals surface area contributed by atoms with Gasteiger partial charge in [-0.15, -0.1) is 0 Å². The number of benzene rings is 1. The predicted octanol–water partition coefficient (Wildman–Crippen LogP) is 3.21. The molecule has 0 aromatic heterocycles. The molecule has 0 saturated heterocycles. The van der Waals surface area contributed by atoms with Crippen molar-refractivity contribution in [3.8, 4) is 0 Å². The molecule has 4 nitrogen and oxygen atoms in total. The molecule has 0 fully saturated rings. The van der Waals surface area contributed by atoms with Gasteiger partial charge in [-0.1, -0.05) is 44.2 Å². The van der Waals surface area contributed by atoms with E-state index in [1.165, 1.54) is 5.56 Å². The fourth-order valence-corrected chi connectivity index (χ4v) is 5.40. The van der Waals surface area contributed by atoms with E-state index in [9.17, 15) is 0 Å². The molecule has 1 aromatic carbocycles. The largest absolute Gasteiger partial charge is 0.503 e. The first-order valence-electron chi connectivity index (χ1n) is 8.07. The molecule has 0 aliphatic rings. The van der Waals surface area contributed by atoms with Gasteiger partial charge in [0.05, 0.1) is 0 Å². The standard InChI is InChI=1S/C17H31NO3Si/c1-6-18(7-2)14-13-17(22(19-3,20-4)21-5)15-16-11-9-8-10-12-16/h8-12,17H,6-7,13-15H2,1-5H3. The maximum absolute atomic E-state index is 5.75. The molecular weight excluding hydrogens is 294 g/mol. The second kappa shape index (κ2) is 10.1. The minimum atomic E-state index is -2.65. The van der Waals surface area contributed by atoms with E-state index in [-0.39, 0.29) is 5.54 Å². The topological polar surface area (TPSA) is 30.9 Å². The zero-order valence-electron chi connectivity index (χ0n) is 14.7. The van der Waals surface area contributed by atoms with Gasteiger partial charge in [-0.2, -0.15) is 0 Å². The Morgan fingerprint density at radius 2 is 1.50 bits per heavy atom. The third-order valence-electron chi connectivity index (χ3n) is 4.37. The fourth-order valence-electron chi connectivity index (χ4n) is 2.93. The van der Waals surface area contributed by atoms with E-state index in [1.54, 1.807) is 21.3 Å². The summed E-state index contributed by atoms with van der Waals surface area (Å²) in [6, 6.07) is 10.5. The molecule has 0 N–H and O–H groups in total. The molecule has 0 amide bonds. The molecular formula is C17H31NO3Si. The molecule has 1 atom stereocenters. The monoisotopic (exact) mass is 325 g/mol. The summed E-state index contributed by atoms with van der Waals surface area (Å²) in [4.78, 5) is 2.43. The van der Waals surface area contributed by atoms with Crippen molar-refractivity contribution in [1.29, 1.82) is 0 Å². The molecule has 0 aliphatic carbocycles. The first-order chi connectivity index (χ1) is 10.7. The van der Waals surface area contributed by atoms with Crippen molar-refractivity contribution in [3.05, 3.63) is 35.9 Å². The lowest BCUT2D eigenvalue weighted by Crippen LogP contribution is -2.49. The van der Waals surface area contributed by atoms with E-state index < -0.39 is 8.80 Å². The van der Waals surface area contributed by atoms with Crippen LogP contribution >= 0.6 is 0 Å². The Morgan fingerprint density at radius 3 is 1.95 bits per heavy atom. The van der Waals surface area contributed by atoms with Crippen molar-refractivity contribution < 1.29 is 13.3 Å². The van der Waals surface area contributed by atoms with Gasteiger partial charge in [0, 0.05) is 26.9 Å². The van der Waals surface area contributed by atoms with Crippen molar-refractivity contribution in [2.24, 2.45) is 0 Å². The third-order valence-corrected chi connectivity index (χ3v) is 7.57. The molecule has 0 radical (unpaired) electrons. The predicted molar refractivity (Wildman–Crippen MR) is 93.1 cm³/mol. The molecule has 1 unspecified atom stereocenters. The van der Waals surface area contributed by atoms with E-state index in [2.05, 4.69) is 43.0 Å². The number of rotatable bonds is 11. The van der Waals surface area contributed by atoms with Crippen LogP contribution in [-0.4, -0.2) is 54.7 Å². The number of hydrogen-bond donors (Lipinski definition) is 0. The van der Waals surface area contributed by atoms with Crippen molar-refractivity contribution in [3.63, 3.8) is 0 Å². The van der Waals surface area contributed by atoms with E-state index in [0.29, 0.717) is 0 Å². The SMILES string of the molecule is CCN(CC)CCC(Cc1ccccc1)[Si](OC)(OC)OC. The zero-order chi connectivity index (χ0) is 16.4. The average Bonchev–Trinajstić information content (AvgIpc) is 2.58. The lowest BCUT2D eigenvalue weighted by Gasteiger charge is -2.33. The summed E-state index contributed by atoms with van der Waals surface area (Å²) in [6.07, 6.45) is 1.93. The first kappa shape index (κ1) is 19.3. The van der Waals surface area contributed by atoms with Gasteiger partial charge in [0.1, 0.15) is 0 Å². The maximum Gasteiger partial charge on any atom is 0.503 e. The molecule has 0 spiro atoms. The first-order valence-corrected chi connectivity index (χ1v) is 9.87. The van der Waals surface area contributed by atoms with Gasteiger partial charge in [0.15, 0.2) is 0 Å². The highest BCUT2D eigenvalue weighted by atomic mass is 28.4. The fraction of sp³-hybridized carbons (Fsp3) is 0.647. The van der Waals surface area contributed by atoms with E-state index in [4.69, 9.17) is 13.3 Å². The van der Waals surface area contributed by atoms with Gasteiger partial charge in [-0.3, -0.25) is 0 Å². The van der Waals surface area contributed by atoms with E-state index in [1.807, 2.05) is 6.07 Å². The van der Waals surface area contributed by atoms with Crippen LogP contribution in [0.1, 0.15) is 25.8 Å². The van der Waals surface area contributed by atoms with Crippen LogP contribution in [0.4, 0.5) is 0 Å². The quantitative estimate of drug-likeness (QED) is 0.585. The highest BCUT2D eigenvalue weighted by molar-refractivity contribution is 6.62. The summed E-state index contributed by atoms with van der Waals surface area (Å²) in [5, 5.41) is 0. The summed E-state index contributed by atoms with van der Waals surface area (Å²) < 4.78 is 17.2. The number of hydrogen-bond acceptors (Lipinski definition) is 4. The summed E-state index contributed by atoms with van der Waals surface area (Å²) in [7, 11) is 2.46. The van der Waals surface area contributed by atoms with Crippen LogP contribution in [0.5, 0.6) is 0 Å². The van der Waals surface area contributed by atoms with E-state index >= 15 is 0 Å². The second-order valence-electron chi connectivity index (χ2n) is 5.42. The molecule has 0 saturated carbocycles. The smallest absolute Gasteiger partial charge is 0.377 e. The Bertz CT molecular complexity index is 386. The van der Waals surface area contributed by atoms with Crippen LogP contribution in [0.2, 0.25) is 5.54 Å². The van der Waals surface area contributed by atoms with Gasteiger partial charge in [0.2, 0.25) is 0 Å². The lowest BCUT2D eigenvalue weighted by molar-refractivity contribution is 0.107. The summed E-state index contributed by atoms with van der Waals surface area (Å²) >= 11 is 0. The molecule has 0 aliphatic heterocycles. The highest BCUT2D eigenvalue weighted by Gasteiger charge is 2.46. The molecule has 5 heteroatoms. The Hall–Kier alpha value is -0.723. The van der Waals surface area contributed by atoms with Gasteiger partial charge in [-0.25, -0.2) is 0 Å². The number of nitrogens with zero attached hydrogens (tertiary/aromatic N) is 1. The third kappa shape index (κ3) is 5.17.